The molecular weight excluding hydrogens is 885 g/mol. The molecular formula is C50H54N10O9. The molecule has 1 saturated heterocycles. The Hall–Kier alpha value is -7.93. The monoisotopic (exact) mass is 938 g/mol. The number of carbonyl (C=O) groups is 9. The van der Waals surface area contributed by atoms with Crippen molar-refractivity contribution in [3.8, 4) is 0 Å². The summed E-state index contributed by atoms with van der Waals surface area (Å²) in [5.74, 6) is -2.78. The third-order valence-corrected chi connectivity index (χ3v) is 13.0. The predicted octanol–water partition coefficient (Wildman–Crippen LogP) is 3.22. The fourth-order valence-corrected chi connectivity index (χ4v) is 9.43. The molecule has 2 fully saturated rings. The number of hydrogen-bond donors (Lipinski definition) is 8. The average molecular weight is 939 g/mol. The first-order valence-corrected chi connectivity index (χ1v) is 23.0. The Morgan fingerprint density at radius 1 is 0.826 bits per heavy atom. The number of nitrogens with two attached hydrogens (primary N) is 1. The van der Waals surface area contributed by atoms with Crippen LogP contribution in [0.3, 0.4) is 0 Å². The third kappa shape index (κ3) is 10.3. The van der Waals surface area contributed by atoms with E-state index in [1.54, 1.807) is 59.5 Å². The number of primary amides is 1. The van der Waals surface area contributed by atoms with Crippen molar-refractivity contribution in [3.05, 3.63) is 119 Å². The molecule has 9 amide bonds. The molecule has 1 aromatic heterocycles. The molecule has 0 radical (unpaired) electrons. The van der Waals surface area contributed by atoms with E-state index in [0.29, 0.717) is 58.5 Å². The molecule has 1 spiro atoms. The highest BCUT2D eigenvalue weighted by Crippen LogP contribution is 2.66. The van der Waals surface area contributed by atoms with Gasteiger partial charge >= 0.3 is 6.03 Å². The first-order chi connectivity index (χ1) is 33.1. The van der Waals surface area contributed by atoms with Gasteiger partial charge in [0, 0.05) is 102 Å². The summed E-state index contributed by atoms with van der Waals surface area (Å²) < 4.78 is 0. The van der Waals surface area contributed by atoms with Crippen molar-refractivity contribution >= 4 is 75.4 Å². The van der Waals surface area contributed by atoms with E-state index < -0.39 is 47.7 Å². The molecule has 3 heterocycles. The highest BCUT2D eigenvalue weighted by Gasteiger charge is 2.67. The quantitative estimate of drug-likeness (QED) is 0.0474. The molecule has 2 unspecified atom stereocenters. The normalized spacial score (nSPS) is 18.5. The van der Waals surface area contributed by atoms with Crippen molar-refractivity contribution in [2.45, 2.75) is 63.5 Å². The lowest BCUT2D eigenvalue weighted by molar-refractivity contribution is -0.137. The first kappa shape index (κ1) is 47.6. The lowest BCUT2D eigenvalue weighted by atomic mass is 9.81. The van der Waals surface area contributed by atoms with Gasteiger partial charge in [-0.3, -0.25) is 43.3 Å². The summed E-state index contributed by atoms with van der Waals surface area (Å²) in [6.07, 6.45) is 5.76. The van der Waals surface area contributed by atoms with Crippen LogP contribution in [0.15, 0.2) is 96.7 Å². The molecule has 19 nitrogen and oxygen atoms in total. The van der Waals surface area contributed by atoms with Gasteiger partial charge in [-0.25, -0.2) is 4.79 Å². The summed E-state index contributed by atoms with van der Waals surface area (Å²) in [6, 6.07) is 18.3. The van der Waals surface area contributed by atoms with Crippen molar-refractivity contribution in [1.82, 2.24) is 36.1 Å². The summed E-state index contributed by atoms with van der Waals surface area (Å²) in [7, 11) is 0. The minimum atomic E-state index is -1.02. The van der Waals surface area contributed by atoms with Crippen molar-refractivity contribution < 1.29 is 43.2 Å². The molecule has 3 aromatic carbocycles. The number of fused-ring (bicyclic) bond motifs is 2. The number of piperidine rings is 1. The number of aromatic nitrogens is 1. The fraction of sp³-hybridized carbons (Fsp3) is 0.340. The number of nitrogens with one attached hydrogen (secondary N) is 7. The van der Waals surface area contributed by atoms with Crippen LogP contribution >= 0.6 is 0 Å². The summed E-state index contributed by atoms with van der Waals surface area (Å²) in [5.41, 5.74) is 9.58. The van der Waals surface area contributed by atoms with E-state index in [9.17, 15) is 43.2 Å². The molecule has 4 atom stereocenters. The van der Waals surface area contributed by atoms with Crippen molar-refractivity contribution in [2.24, 2.45) is 17.6 Å². The summed E-state index contributed by atoms with van der Waals surface area (Å²) in [6.45, 7) is 4.91. The van der Waals surface area contributed by atoms with Gasteiger partial charge in [-0.15, -0.1) is 0 Å². The minimum Gasteiger partial charge on any atom is -0.355 e. The number of aromatic amines is 1. The largest absolute Gasteiger partial charge is 0.355 e. The second-order valence-corrected chi connectivity index (χ2v) is 18.0. The van der Waals surface area contributed by atoms with Gasteiger partial charge in [-0.05, 0) is 91.6 Å². The number of likely N-dealkylation sites (tertiary alicyclic amines) is 1. The number of anilines is 2. The van der Waals surface area contributed by atoms with Gasteiger partial charge in [0.15, 0.2) is 5.78 Å². The maximum Gasteiger partial charge on any atom is 0.312 e. The number of hydrogen-bond acceptors (Lipinski definition) is 10. The highest BCUT2D eigenvalue weighted by molar-refractivity contribution is 6.13. The first-order valence-electron chi connectivity index (χ1n) is 23.0. The number of urea groups is 1. The summed E-state index contributed by atoms with van der Waals surface area (Å²) >= 11 is 0. The van der Waals surface area contributed by atoms with Gasteiger partial charge in [-0.1, -0.05) is 38.1 Å². The van der Waals surface area contributed by atoms with Crippen LogP contribution in [0.2, 0.25) is 0 Å². The van der Waals surface area contributed by atoms with Gasteiger partial charge in [0.2, 0.25) is 17.7 Å². The number of amides is 9. The summed E-state index contributed by atoms with van der Waals surface area (Å²) in [4.78, 5) is 121. The van der Waals surface area contributed by atoms with Crippen LogP contribution < -0.4 is 37.6 Å². The topological polar surface area (TPSA) is 274 Å². The number of allylic oxidation sites excluding steroid dienone is 2. The van der Waals surface area contributed by atoms with Gasteiger partial charge in [-0.2, -0.15) is 0 Å². The number of rotatable bonds is 20. The molecule has 8 rings (SSSR count). The van der Waals surface area contributed by atoms with E-state index in [1.807, 2.05) is 38.1 Å². The second kappa shape index (κ2) is 20.1. The van der Waals surface area contributed by atoms with E-state index in [0.717, 1.165) is 22.6 Å². The molecule has 4 aliphatic rings. The lowest BCUT2D eigenvalue weighted by Crippen LogP contribution is -2.54. The third-order valence-electron chi connectivity index (χ3n) is 13.0. The van der Waals surface area contributed by atoms with E-state index in [2.05, 4.69) is 36.9 Å². The van der Waals surface area contributed by atoms with Crippen LogP contribution in [0, 0.1) is 11.8 Å². The molecule has 4 aromatic rings. The van der Waals surface area contributed by atoms with Crippen LogP contribution in [0.1, 0.15) is 82.7 Å². The fourth-order valence-electron chi connectivity index (χ4n) is 9.43. The van der Waals surface area contributed by atoms with Crippen LogP contribution in [0.5, 0.6) is 0 Å². The molecule has 358 valence electrons. The molecule has 19 heteroatoms. The standard InChI is InChI=1S/C50H54N10O9/c1-28(2)44(53-21-20-52-41(62)10-6-22-59-42(63)17-18-43(59)64)47(67)58-37(9-5-19-54-49(51)69)46(66)55-32-13-11-29(12-14-32)45(65)56-33-15-16-36-30(23-33)24-38(57-36)48(68)60-27-31-26-50(31)35-8-4-3-7-34(35)39(61)25-40(50)60/h3-4,7-8,11-18,23-25,28,31,37,44,53,57H,5-6,9-10,19-22,26-27H2,1-2H3,(H,52,62)(H,55,66)(H,56,65)(H,58,67)(H3,51,54,69)/t31?,37-,44-,50?/m0/s1. The Bertz CT molecular complexity index is 2800. The zero-order valence-electron chi connectivity index (χ0n) is 38.2. The zero-order chi connectivity index (χ0) is 49.0. The molecule has 2 aliphatic carbocycles. The Kier molecular flexibility index (Phi) is 13.9. The number of nitrogens with zero attached hydrogens (tertiary/aromatic N) is 2. The van der Waals surface area contributed by atoms with Crippen LogP contribution in [0.25, 0.3) is 10.9 Å². The van der Waals surface area contributed by atoms with E-state index >= 15 is 0 Å². The number of benzene rings is 3. The van der Waals surface area contributed by atoms with Gasteiger partial charge in [0.05, 0.1) is 6.04 Å². The second-order valence-electron chi connectivity index (χ2n) is 18.0. The number of imide groups is 1. The maximum absolute atomic E-state index is 13.9. The van der Waals surface area contributed by atoms with E-state index in [-0.39, 0.29) is 73.9 Å². The zero-order valence-corrected chi connectivity index (χ0v) is 38.2. The predicted molar refractivity (Wildman–Crippen MR) is 254 cm³/mol. The minimum absolute atomic E-state index is 0.0998. The molecule has 1 saturated carbocycles. The summed E-state index contributed by atoms with van der Waals surface area (Å²) in [5, 5.41) is 17.6. The van der Waals surface area contributed by atoms with Gasteiger partial charge in [0.1, 0.15) is 11.7 Å². The number of H-pyrrole nitrogens is 1. The molecule has 0 bridgehead atoms. The number of carbonyl (C=O) groups excluding carboxylic acids is 9. The van der Waals surface area contributed by atoms with Gasteiger partial charge < -0.3 is 47.5 Å². The highest BCUT2D eigenvalue weighted by atomic mass is 16.2. The van der Waals surface area contributed by atoms with Crippen molar-refractivity contribution in [2.75, 3.05) is 43.4 Å². The Balaban J connectivity index is 0.835. The van der Waals surface area contributed by atoms with Crippen LogP contribution in [-0.2, 0) is 29.4 Å². The Labute approximate surface area is 397 Å². The van der Waals surface area contributed by atoms with Crippen molar-refractivity contribution in [1.29, 1.82) is 0 Å². The lowest BCUT2D eigenvalue weighted by Gasteiger charge is -2.29. The molecule has 2 aliphatic heterocycles. The van der Waals surface area contributed by atoms with Gasteiger partial charge in [0.25, 0.3) is 23.6 Å². The van der Waals surface area contributed by atoms with E-state index in [1.165, 1.54) is 12.2 Å². The van der Waals surface area contributed by atoms with Crippen LogP contribution in [0.4, 0.5) is 16.2 Å². The van der Waals surface area contributed by atoms with E-state index in [4.69, 9.17) is 5.73 Å². The smallest absolute Gasteiger partial charge is 0.312 e. The molecule has 69 heavy (non-hydrogen) atoms. The average Bonchev–Trinajstić information content (AvgIpc) is 3.52. The van der Waals surface area contributed by atoms with Crippen LogP contribution in [-0.4, -0.2) is 113 Å². The van der Waals surface area contributed by atoms with Crippen molar-refractivity contribution in [3.63, 3.8) is 0 Å². The SMILES string of the molecule is CC(C)[C@H](NCCNC(=O)CCCN1C(=O)C=CC1=O)C(=O)N[C@@H](CCCNC(N)=O)C(=O)Nc1ccc(C(=O)Nc2ccc3[nH]c(C(=O)N4CC5CC56C4=CC(=O)c4ccccc46)cc3c2)cc1. The Morgan fingerprint density at radius 2 is 1.57 bits per heavy atom. The molecule has 9 N–H and O–H groups in total. The maximum atomic E-state index is 13.9. The number of ketones is 1. The Morgan fingerprint density at radius 3 is 2.30 bits per heavy atom.